The number of nitro benzene ring substituents is 1. The second-order valence-electron chi connectivity index (χ2n) is 5.98. The van der Waals surface area contributed by atoms with Crippen LogP contribution in [0.3, 0.4) is 0 Å². The van der Waals surface area contributed by atoms with Gasteiger partial charge in [-0.05, 0) is 32.0 Å². The van der Waals surface area contributed by atoms with Gasteiger partial charge >= 0.3 is 5.97 Å². The summed E-state index contributed by atoms with van der Waals surface area (Å²) in [6, 6.07) is 12.2. The predicted molar refractivity (Wildman–Crippen MR) is 101 cm³/mol. The van der Waals surface area contributed by atoms with E-state index in [1.54, 1.807) is 12.1 Å². The van der Waals surface area contributed by atoms with Gasteiger partial charge in [0.1, 0.15) is 6.54 Å². The molecule has 0 saturated heterocycles. The molecule has 0 unspecified atom stereocenters. The second kappa shape index (κ2) is 9.26. The Morgan fingerprint density at radius 3 is 2.46 bits per heavy atom. The number of nitrogens with zero attached hydrogens (tertiary/aromatic N) is 1. The van der Waals surface area contributed by atoms with Gasteiger partial charge in [0.25, 0.3) is 17.5 Å². The van der Waals surface area contributed by atoms with Crippen molar-refractivity contribution in [2.24, 2.45) is 0 Å². The number of anilines is 1. The van der Waals surface area contributed by atoms with Crippen molar-refractivity contribution in [3.05, 3.63) is 69.8 Å². The predicted octanol–water partition coefficient (Wildman–Crippen LogP) is 2.20. The molecule has 2 aromatic rings. The Kier molecular flexibility index (Phi) is 6.80. The lowest BCUT2D eigenvalue weighted by Gasteiger charge is -2.14. The van der Waals surface area contributed by atoms with E-state index in [0.717, 1.165) is 11.6 Å². The number of esters is 1. The summed E-state index contributed by atoms with van der Waals surface area (Å²) in [7, 11) is 0. The molecular weight excluding hydrogens is 366 g/mol. The quantitative estimate of drug-likeness (QED) is 0.427. The Bertz CT molecular complexity index is 895. The van der Waals surface area contributed by atoms with Crippen LogP contribution in [0.1, 0.15) is 22.8 Å². The molecule has 0 aromatic heterocycles. The molecule has 0 aliphatic rings. The van der Waals surface area contributed by atoms with E-state index in [1.807, 2.05) is 19.1 Å². The van der Waals surface area contributed by atoms with Gasteiger partial charge in [-0.1, -0.05) is 23.8 Å². The van der Waals surface area contributed by atoms with Crippen LogP contribution in [-0.4, -0.2) is 35.4 Å². The van der Waals surface area contributed by atoms with Crippen LogP contribution >= 0.6 is 0 Å². The van der Waals surface area contributed by atoms with Gasteiger partial charge in [-0.15, -0.1) is 0 Å². The van der Waals surface area contributed by atoms with Gasteiger partial charge < -0.3 is 15.4 Å². The molecule has 28 heavy (non-hydrogen) atoms. The Balaban J connectivity index is 1.83. The molecule has 0 radical (unpaired) electrons. The fourth-order valence-corrected chi connectivity index (χ4v) is 2.19. The first-order chi connectivity index (χ1) is 13.3. The number of benzene rings is 2. The van der Waals surface area contributed by atoms with Crippen molar-refractivity contribution in [1.29, 1.82) is 0 Å². The van der Waals surface area contributed by atoms with Gasteiger partial charge in [0.05, 0.1) is 4.92 Å². The van der Waals surface area contributed by atoms with Crippen molar-refractivity contribution in [2.75, 3.05) is 11.9 Å². The summed E-state index contributed by atoms with van der Waals surface area (Å²) in [6.45, 7) is 2.84. The maximum Gasteiger partial charge on any atom is 0.326 e. The van der Waals surface area contributed by atoms with Gasteiger partial charge in [0.2, 0.25) is 0 Å². The first kappa shape index (κ1) is 20.6. The Morgan fingerprint density at radius 2 is 1.82 bits per heavy atom. The first-order valence-corrected chi connectivity index (χ1v) is 8.36. The first-order valence-electron chi connectivity index (χ1n) is 8.36. The summed E-state index contributed by atoms with van der Waals surface area (Å²) < 4.78 is 4.98. The molecule has 2 aromatic carbocycles. The number of nitro groups is 1. The third-order valence-electron chi connectivity index (χ3n) is 3.71. The van der Waals surface area contributed by atoms with Crippen molar-refractivity contribution in [3.63, 3.8) is 0 Å². The van der Waals surface area contributed by atoms with E-state index in [9.17, 15) is 24.5 Å². The zero-order valence-corrected chi connectivity index (χ0v) is 15.3. The molecule has 0 spiro atoms. The average molecular weight is 385 g/mol. The van der Waals surface area contributed by atoms with Gasteiger partial charge in [0.15, 0.2) is 6.10 Å². The van der Waals surface area contributed by atoms with Crippen molar-refractivity contribution in [2.45, 2.75) is 20.0 Å². The third-order valence-corrected chi connectivity index (χ3v) is 3.71. The van der Waals surface area contributed by atoms with Crippen LogP contribution in [0.15, 0.2) is 48.5 Å². The highest BCUT2D eigenvalue weighted by atomic mass is 16.6. The molecule has 0 bridgehead atoms. The number of amides is 2. The fourth-order valence-electron chi connectivity index (χ4n) is 2.19. The molecule has 9 nitrogen and oxygen atoms in total. The number of rotatable bonds is 7. The molecule has 2 N–H and O–H groups in total. The number of carbonyl (C=O) groups is 3. The van der Waals surface area contributed by atoms with E-state index in [4.69, 9.17) is 4.74 Å². The minimum Gasteiger partial charge on any atom is -0.451 e. The monoisotopic (exact) mass is 385 g/mol. The topological polar surface area (TPSA) is 128 Å². The van der Waals surface area contributed by atoms with Crippen LogP contribution < -0.4 is 10.6 Å². The smallest absolute Gasteiger partial charge is 0.326 e. The van der Waals surface area contributed by atoms with Crippen molar-refractivity contribution >= 4 is 29.2 Å². The van der Waals surface area contributed by atoms with E-state index in [-0.39, 0.29) is 11.3 Å². The van der Waals surface area contributed by atoms with E-state index in [0.29, 0.717) is 5.69 Å². The normalized spacial score (nSPS) is 11.2. The minimum atomic E-state index is -1.07. The minimum absolute atomic E-state index is 0.0344. The molecular formula is C19H19N3O6. The summed E-state index contributed by atoms with van der Waals surface area (Å²) in [6.07, 6.45) is -1.07. The lowest BCUT2D eigenvalue weighted by atomic mass is 10.2. The van der Waals surface area contributed by atoms with E-state index in [1.165, 1.54) is 25.1 Å². The fraction of sp³-hybridized carbons (Fsp3) is 0.211. The Labute approximate surface area is 160 Å². The van der Waals surface area contributed by atoms with Crippen molar-refractivity contribution < 1.29 is 24.0 Å². The summed E-state index contributed by atoms with van der Waals surface area (Å²) in [5.74, 6) is -2.00. The molecule has 0 aliphatic carbocycles. The Morgan fingerprint density at radius 1 is 1.14 bits per heavy atom. The molecule has 0 fully saturated rings. The summed E-state index contributed by atoms with van der Waals surface area (Å²) >= 11 is 0. The van der Waals surface area contributed by atoms with Gasteiger partial charge in [-0.2, -0.15) is 0 Å². The summed E-state index contributed by atoms with van der Waals surface area (Å²) in [5.41, 5.74) is 1.40. The largest absolute Gasteiger partial charge is 0.451 e. The SMILES string of the molecule is Cc1ccc(NC(=O)[C@@H](C)OC(=O)CNC(=O)c2cccc([N+](=O)[O-])c2)cc1. The van der Waals surface area contributed by atoms with Crippen LogP contribution in [0.25, 0.3) is 0 Å². The van der Waals surface area contributed by atoms with Crippen molar-refractivity contribution in [1.82, 2.24) is 5.32 Å². The summed E-state index contributed by atoms with van der Waals surface area (Å²) in [5, 5.41) is 15.6. The molecule has 9 heteroatoms. The zero-order valence-electron chi connectivity index (χ0n) is 15.3. The Hall–Kier alpha value is -3.75. The molecule has 0 heterocycles. The highest BCUT2D eigenvalue weighted by molar-refractivity contribution is 5.97. The van der Waals surface area contributed by atoms with Gasteiger partial charge in [0, 0.05) is 23.4 Å². The maximum atomic E-state index is 12.1. The van der Waals surface area contributed by atoms with Crippen LogP contribution in [0.2, 0.25) is 0 Å². The van der Waals surface area contributed by atoms with Crippen LogP contribution in [-0.2, 0) is 14.3 Å². The number of hydrogen-bond acceptors (Lipinski definition) is 6. The molecule has 0 aliphatic heterocycles. The average Bonchev–Trinajstić information content (AvgIpc) is 2.67. The maximum absolute atomic E-state index is 12.1. The second-order valence-corrected chi connectivity index (χ2v) is 5.98. The lowest BCUT2D eigenvalue weighted by molar-refractivity contribution is -0.384. The van der Waals surface area contributed by atoms with Crippen LogP contribution in [0, 0.1) is 17.0 Å². The number of hydrogen-bond donors (Lipinski definition) is 2. The number of ether oxygens (including phenoxy) is 1. The number of carbonyl (C=O) groups excluding carboxylic acids is 3. The molecule has 1 atom stereocenters. The number of nitrogens with one attached hydrogen (secondary N) is 2. The van der Waals surface area contributed by atoms with E-state index < -0.39 is 35.4 Å². The van der Waals surface area contributed by atoms with Gasteiger partial charge in [-0.3, -0.25) is 24.5 Å². The molecule has 2 amide bonds. The van der Waals surface area contributed by atoms with Gasteiger partial charge in [-0.25, -0.2) is 0 Å². The molecule has 146 valence electrons. The zero-order chi connectivity index (χ0) is 20.7. The highest BCUT2D eigenvalue weighted by Crippen LogP contribution is 2.13. The van der Waals surface area contributed by atoms with Crippen LogP contribution in [0.4, 0.5) is 11.4 Å². The van der Waals surface area contributed by atoms with E-state index >= 15 is 0 Å². The molecule has 2 rings (SSSR count). The molecule has 0 saturated carbocycles. The van der Waals surface area contributed by atoms with E-state index in [2.05, 4.69) is 10.6 Å². The standard InChI is InChI=1S/C19H19N3O6/c1-12-6-8-15(9-7-12)21-18(24)13(2)28-17(23)11-20-19(25)14-4-3-5-16(10-14)22(26)27/h3-10,13H,11H2,1-2H3,(H,20,25)(H,21,24)/t13-/m1/s1. The van der Waals surface area contributed by atoms with Crippen LogP contribution in [0.5, 0.6) is 0 Å². The number of aryl methyl sites for hydroxylation is 1. The third kappa shape index (κ3) is 5.90. The van der Waals surface area contributed by atoms with Crippen molar-refractivity contribution in [3.8, 4) is 0 Å². The highest BCUT2D eigenvalue weighted by Gasteiger charge is 2.19. The number of non-ortho nitro benzene ring substituents is 1. The lowest BCUT2D eigenvalue weighted by Crippen LogP contribution is -2.35. The summed E-state index contributed by atoms with van der Waals surface area (Å²) in [4.78, 5) is 46.0.